The Bertz CT molecular complexity index is 490. The van der Waals surface area contributed by atoms with Crippen LogP contribution in [-0.4, -0.2) is 30.5 Å². The summed E-state index contributed by atoms with van der Waals surface area (Å²) < 4.78 is 5.38. The monoisotopic (exact) mass is 264 g/mol. The predicted octanol–water partition coefficient (Wildman–Crippen LogP) is 2.21. The third-order valence-corrected chi connectivity index (χ3v) is 3.11. The molecule has 0 N–H and O–H groups in total. The average molecular weight is 265 g/mol. The highest BCUT2D eigenvalue weighted by atomic mass is 35.5. The number of rotatable bonds is 3. The van der Waals surface area contributed by atoms with Crippen LogP contribution in [0.2, 0.25) is 5.02 Å². The number of hydrogen-bond donors (Lipinski definition) is 0. The summed E-state index contributed by atoms with van der Waals surface area (Å²) in [5.74, 6) is 0.314. The van der Waals surface area contributed by atoms with Gasteiger partial charge < -0.3 is 9.64 Å². The summed E-state index contributed by atoms with van der Waals surface area (Å²) in [7, 11) is 0. The molecule has 0 aliphatic carbocycles. The minimum absolute atomic E-state index is 0.0450. The van der Waals surface area contributed by atoms with E-state index in [0.29, 0.717) is 16.3 Å². The Hall–Kier alpha value is -1.73. The molecule has 1 amide bonds. The number of likely N-dealkylation sites (tertiary alicyclic amines) is 1. The van der Waals surface area contributed by atoms with Crippen molar-refractivity contribution < 1.29 is 9.53 Å². The molecule has 4 nitrogen and oxygen atoms in total. The van der Waals surface area contributed by atoms with Gasteiger partial charge in [0, 0.05) is 24.2 Å². The molecule has 1 aromatic rings. The number of carbonyl (C=O) groups is 1. The molecule has 1 aliphatic rings. The van der Waals surface area contributed by atoms with E-state index in [-0.39, 0.29) is 12.5 Å². The zero-order chi connectivity index (χ0) is 13.0. The molecule has 2 rings (SSSR count). The van der Waals surface area contributed by atoms with Gasteiger partial charge in [0.1, 0.15) is 11.8 Å². The van der Waals surface area contributed by atoms with Crippen molar-refractivity contribution in [3.8, 4) is 11.8 Å². The minimum Gasteiger partial charge on any atom is -0.482 e. The van der Waals surface area contributed by atoms with Crippen LogP contribution in [0.3, 0.4) is 0 Å². The number of nitriles is 1. The summed E-state index contributed by atoms with van der Waals surface area (Å²) in [5, 5.41) is 9.40. The molecule has 18 heavy (non-hydrogen) atoms. The van der Waals surface area contributed by atoms with Crippen LogP contribution in [0.5, 0.6) is 5.75 Å². The van der Waals surface area contributed by atoms with Gasteiger partial charge in [0.2, 0.25) is 0 Å². The molecule has 0 spiro atoms. The van der Waals surface area contributed by atoms with Crippen LogP contribution in [0.15, 0.2) is 18.2 Å². The highest BCUT2D eigenvalue weighted by Crippen LogP contribution is 2.22. The van der Waals surface area contributed by atoms with E-state index in [4.69, 9.17) is 21.6 Å². The summed E-state index contributed by atoms with van der Waals surface area (Å²) in [6.07, 6.45) is 2.10. The lowest BCUT2D eigenvalue weighted by Gasteiger charge is -2.15. The first-order valence-electron chi connectivity index (χ1n) is 5.81. The zero-order valence-corrected chi connectivity index (χ0v) is 10.6. The van der Waals surface area contributed by atoms with Crippen LogP contribution < -0.4 is 4.74 Å². The van der Waals surface area contributed by atoms with E-state index in [9.17, 15) is 4.79 Å². The number of nitrogens with zero attached hydrogens (tertiary/aromatic N) is 2. The van der Waals surface area contributed by atoms with Gasteiger partial charge in [-0.15, -0.1) is 0 Å². The number of carbonyl (C=O) groups excluding carboxylic acids is 1. The van der Waals surface area contributed by atoms with Gasteiger partial charge in [-0.2, -0.15) is 5.26 Å². The van der Waals surface area contributed by atoms with E-state index < -0.39 is 0 Å². The molecule has 94 valence electrons. The lowest BCUT2D eigenvalue weighted by atomic mass is 10.2. The van der Waals surface area contributed by atoms with Crippen LogP contribution in [0.4, 0.5) is 0 Å². The van der Waals surface area contributed by atoms with E-state index >= 15 is 0 Å². The standard InChI is InChI=1S/C13H13ClN2O2/c14-11-4-3-10(8-15)12(7-11)18-9-13(17)16-5-1-2-6-16/h3-4,7H,1-2,5-6,9H2. The second-order valence-electron chi connectivity index (χ2n) is 4.13. The van der Waals surface area contributed by atoms with Crippen LogP contribution in [0.1, 0.15) is 18.4 Å². The highest BCUT2D eigenvalue weighted by molar-refractivity contribution is 6.30. The lowest BCUT2D eigenvalue weighted by Crippen LogP contribution is -2.32. The zero-order valence-electron chi connectivity index (χ0n) is 9.86. The van der Waals surface area contributed by atoms with Crippen molar-refractivity contribution in [2.45, 2.75) is 12.8 Å². The van der Waals surface area contributed by atoms with E-state index in [1.807, 2.05) is 6.07 Å². The van der Waals surface area contributed by atoms with Crippen molar-refractivity contribution in [2.24, 2.45) is 0 Å². The summed E-state index contributed by atoms with van der Waals surface area (Å²) in [4.78, 5) is 13.6. The van der Waals surface area contributed by atoms with Gasteiger partial charge in [0.15, 0.2) is 6.61 Å². The van der Waals surface area contributed by atoms with Crippen LogP contribution in [0, 0.1) is 11.3 Å². The first-order valence-corrected chi connectivity index (χ1v) is 6.19. The predicted molar refractivity (Wildman–Crippen MR) is 67.5 cm³/mol. The summed E-state index contributed by atoms with van der Waals surface area (Å²) in [5.41, 5.74) is 0.383. The van der Waals surface area contributed by atoms with Gasteiger partial charge in [-0.05, 0) is 25.0 Å². The molecule has 1 heterocycles. The first kappa shape index (κ1) is 12.7. The molecular weight excluding hydrogens is 252 g/mol. The first-order chi connectivity index (χ1) is 8.70. The molecule has 5 heteroatoms. The Kier molecular flexibility index (Phi) is 4.06. The van der Waals surface area contributed by atoms with Gasteiger partial charge in [-0.1, -0.05) is 11.6 Å². The summed E-state index contributed by atoms with van der Waals surface area (Å²) in [6, 6.07) is 6.76. The number of amides is 1. The molecule has 1 fully saturated rings. The minimum atomic E-state index is -0.0466. The third kappa shape index (κ3) is 2.93. The third-order valence-electron chi connectivity index (χ3n) is 2.87. The quantitative estimate of drug-likeness (QED) is 0.841. The Morgan fingerprint density at radius 2 is 2.17 bits per heavy atom. The molecule has 0 radical (unpaired) electrons. The van der Waals surface area contributed by atoms with Crippen molar-refractivity contribution in [3.63, 3.8) is 0 Å². The van der Waals surface area contributed by atoms with Crippen LogP contribution >= 0.6 is 11.6 Å². The molecule has 0 bridgehead atoms. The lowest BCUT2D eigenvalue weighted by molar-refractivity contribution is -0.132. The van der Waals surface area contributed by atoms with Gasteiger partial charge >= 0.3 is 0 Å². The molecule has 1 aliphatic heterocycles. The largest absolute Gasteiger partial charge is 0.482 e. The van der Waals surface area contributed by atoms with E-state index in [1.54, 1.807) is 23.1 Å². The Balaban J connectivity index is 1.99. The van der Waals surface area contributed by atoms with Crippen molar-refractivity contribution in [3.05, 3.63) is 28.8 Å². The SMILES string of the molecule is N#Cc1ccc(Cl)cc1OCC(=O)N1CCCC1. The van der Waals surface area contributed by atoms with Gasteiger partial charge in [-0.3, -0.25) is 4.79 Å². The van der Waals surface area contributed by atoms with Crippen molar-refractivity contribution in [1.29, 1.82) is 5.26 Å². The molecule has 0 atom stereocenters. The molecule has 0 aromatic heterocycles. The van der Waals surface area contributed by atoms with Gasteiger partial charge in [0.05, 0.1) is 5.56 Å². The Morgan fingerprint density at radius 1 is 1.44 bits per heavy atom. The maximum atomic E-state index is 11.8. The van der Waals surface area contributed by atoms with E-state index in [0.717, 1.165) is 25.9 Å². The van der Waals surface area contributed by atoms with Gasteiger partial charge in [0.25, 0.3) is 5.91 Å². The average Bonchev–Trinajstić information content (AvgIpc) is 2.90. The van der Waals surface area contributed by atoms with Crippen molar-refractivity contribution in [1.82, 2.24) is 4.90 Å². The normalized spacial score (nSPS) is 14.3. The smallest absolute Gasteiger partial charge is 0.260 e. The van der Waals surface area contributed by atoms with E-state index in [2.05, 4.69) is 0 Å². The van der Waals surface area contributed by atoms with E-state index in [1.165, 1.54) is 0 Å². The highest BCUT2D eigenvalue weighted by Gasteiger charge is 2.18. The number of hydrogen-bond acceptors (Lipinski definition) is 3. The fourth-order valence-corrected chi connectivity index (χ4v) is 2.07. The van der Waals surface area contributed by atoms with Crippen LogP contribution in [-0.2, 0) is 4.79 Å². The summed E-state index contributed by atoms with van der Waals surface area (Å²) in [6.45, 7) is 1.54. The topological polar surface area (TPSA) is 53.3 Å². The summed E-state index contributed by atoms with van der Waals surface area (Å²) >= 11 is 5.83. The number of benzene rings is 1. The van der Waals surface area contributed by atoms with Crippen molar-refractivity contribution in [2.75, 3.05) is 19.7 Å². The second-order valence-corrected chi connectivity index (χ2v) is 4.57. The molecule has 0 unspecified atom stereocenters. The Labute approximate surface area is 111 Å². The van der Waals surface area contributed by atoms with Crippen molar-refractivity contribution >= 4 is 17.5 Å². The molecular formula is C13H13ClN2O2. The number of halogens is 1. The molecule has 1 saturated heterocycles. The fraction of sp³-hybridized carbons (Fsp3) is 0.385. The second kappa shape index (κ2) is 5.74. The molecule has 1 aromatic carbocycles. The Morgan fingerprint density at radius 3 is 2.83 bits per heavy atom. The maximum absolute atomic E-state index is 11.8. The molecule has 0 saturated carbocycles. The van der Waals surface area contributed by atoms with Crippen LogP contribution in [0.25, 0.3) is 0 Å². The number of ether oxygens (including phenoxy) is 1. The maximum Gasteiger partial charge on any atom is 0.260 e. The van der Waals surface area contributed by atoms with Gasteiger partial charge in [-0.25, -0.2) is 0 Å². The fourth-order valence-electron chi connectivity index (χ4n) is 1.91.